The molecule has 3 heterocycles. The first-order valence-electron chi connectivity index (χ1n) is 11.7. The highest BCUT2D eigenvalue weighted by molar-refractivity contribution is 8.02. The highest BCUT2D eigenvalue weighted by Gasteiger charge is 2.74. The number of hydrogen-bond acceptors (Lipinski definition) is 6. The molecule has 1 aromatic carbocycles. The van der Waals surface area contributed by atoms with Gasteiger partial charge in [0.25, 0.3) is 5.91 Å². The molecule has 2 bridgehead atoms. The van der Waals surface area contributed by atoms with Crippen LogP contribution in [0.25, 0.3) is 0 Å². The van der Waals surface area contributed by atoms with Crippen LogP contribution in [-0.2, 0) is 19.1 Å². The number of thioether (sulfide) groups is 1. The van der Waals surface area contributed by atoms with Gasteiger partial charge >= 0.3 is 5.97 Å². The van der Waals surface area contributed by atoms with Crippen molar-refractivity contribution in [2.75, 3.05) is 31.2 Å². The van der Waals surface area contributed by atoms with Crippen LogP contribution in [-0.4, -0.2) is 70.1 Å². The SMILES string of the molecule is C=CCOC(=O)[C@@H]1[C@H]2C(=O)N(CCO)C(C(=O)N(CC=C)c3cc(C)ccc3C)C23CC[C@H]1S3. The Bertz CT molecular complexity index is 1030. The van der Waals surface area contributed by atoms with Crippen LogP contribution >= 0.6 is 11.8 Å². The molecule has 1 N–H and O–H groups in total. The lowest BCUT2D eigenvalue weighted by Gasteiger charge is -2.37. The number of esters is 1. The molecule has 0 radical (unpaired) electrons. The average molecular weight is 485 g/mol. The molecule has 3 saturated heterocycles. The van der Waals surface area contributed by atoms with E-state index in [2.05, 4.69) is 13.2 Å². The molecule has 1 spiro atoms. The zero-order valence-electron chi connectivity index (χ0n) is 19.7. The van der Waals surface area contributed by atoms with Crippen molar-refractivity contribution in [2.24, 2.45) is 11.8 Å². The van der Waals surface area contributed by atoms with Crippen LogP contribution < -0.4 is 4.90 Å². The van der Waals surface area contributed by atoms with Gasteiger partial charge in [-0.2, -0.15) is 0 Å². The van der Waals surface area contributed by atoms with Gasteiger partial charge in [0, 0.05) is 24.0 Å². The first kappa shape index (κ1) is 24.5. The van der Waals surface area contributed by atoms with Crippen molar-refractivity contribution in [3.63, 3.8) is 0 Å². The van der Waals surface area contributed by atoms with Gasteiger partial charge in [-0.15, -0.1) is 18.3 Å². The Morgan fingerprint density at radius 2 is 2.09 bits per heavy atom. The van der Waals surface area contributed by atoms with E-state index in [-0.39, 0.29) is 36.8 Å². The molecule has 1 aromatic rings. The number of benzene rings is 1. The number of carbonyl (C=O) groups is 3. The summed E-state index contributed by atoms with van der Waals surface area (Å²) in [6.45, 7) is 11.5. The van der Waals surface area contributed by atoms with Crippen LogP contribution in [0.4, 0.5) is 5.69 Å². The van der Waals surface area contributed by atoms with Gasteiger partial charge in [0.05, 0.1) is 23.2 Å². The number of ether oxygens (including phenoxy) is 1. The molecule has 2 unspecified atom stereocenters. The number of likely N-dealkylation sites (tertiary alicyclic amines) is 1. The van der Waals surface area contributed by atoms with E-state index in [1.165, 1.54) is 11.0 Å². The van der Waals surface area contributed by atoms with E-state index < -0.39 is 28.6 Å². The molecule has 4 rings (SSSR count). The number of carbonyl (C=O) groups excluding carboxylic acids is 3. The number of fused-ring (bicyclic) bond motifs is 1. The fraction of sp³-hybridized carbons (Fsp3) is 0.500. The lowest BCUT2D eigenvalue weighted by molar-refractivity contribution is -0.153. The predicted molar refractivity (Wildman–Crippen MR) is 133 cm³/mol. The summed E-state index contributed by atoms with van der Waals surface area (Å²) in [5.74, 6) is -2.10. The number of aryl methyl sites for hydroxylation is 2. The summed E-state index contributed by atoms with van der Waals surface area (Å²) in [5.41, 5.74) is 2.75. The molecule has 182 valence electrons. The summed E-state index contributed by atoms with van der Waals surface area (Å²) in [6, 6.07) is 5.16. The lowest BCUT2D eigenvalue weighted by atomic mass is 9.71. The smallest absolute Gasteiger partial charge is 0.311 e. The zero-order valence-corrected chi connectivity index (χ0v) is 20.6. The van der Waals surface area contributed by atoms with Crippen molar-refractivity contribution in [3.8, 4) is 0 Å². The molecule has 2 amide bonds. The van der Waals surface area contributed by atoms with Crippen LogP contribution in [0.2, 0.25) is 0 Å². The van der Waals surface area contributed by atoms with Crippen LogP contribution in [0.5, 0.6) is 0 Å². The highest BCUT2D eigenvalue weighted by atomic mass is 32.2. The molecule has 0 aromatic heterocycles. The highest BCUT2D eigenvalue weighted by Crippen LogP contribution is 2.66. The Labute approximate surface area is 204 Å². The standard InChI is InChI=1S/C26H32N2O5S/c1-5-11-27(18-15-16(3)7-8-17(18)4)24(31)22-26-10-9-19(34-26)20(25(32)33-14-6-2)21(26)23(30)28(22)12-13-29/h5-8,15,19-22,29H,1-2,9-14H2,3-4H3/t19-,20+,21+,22?,26?/m1/s1. The molecule has 3 aliphatic heterocycles. The Morgan fingerprint density at radius 3 is 2.76 bits per heavy atom. The van der Waals surface area contributed by atoms with Gasteiger partial charge in [-0.05, 0) is 43.9 Å². The minimum Gasteiger partial charge on any atom is -0.461 e. The first-order chi connectivity index (χ1) is 16.3. The van der Waals surface area contributed by atoms with Gasteiger partial charge in [-0.1, -0.05) is 30.9 Å². The normalized spacial score (nSPS) is 29.1. The van der Waals surface area contributed by atoms with Crippen molar-refractivity contribution < 1.29 is 24.2 Å². The quantitative estimate of drug-likeness (QED) is 0.428. The van der Waals surface area contributed by atoms with Crippen molar-refractivity contribution in [1.82, 2.24) is 4.90 Å². The lowest BCUT2D eigenvalue weighted by Crippen LogP contribution is -2.55. The molecule has 3 fully saturated rings. The molecule has 34 heavy (non-hydrogen) atoms. The Kier molecular flexibility index (Phi) is 6.92. The molecular formula is C26H32N2O5S. The van der Waals surface area contributed by atoms with Crippen molar-refractivity contribution >= 4 is 35.2 Å². The van der Waals surface area contributed by atoms with Crippen molar-refractivity contribution in [2.45, 2.75) is 42.7 Å². The molecule has 0 saturated carbocycles. The minimum absolute atomic E-state index is 0.0435. The zero-order chi connectivity index (χ0) is 24.6. The van der Waals surface area contributed by atoms with Gasteiger partial charge in [0.15, 0.2) is 0 Å². The number of β-amino-alcohol motifs (C(OH)–C–C–N with tert-alkyl or cyclic N) is 1. The van der Waals surface area contributed by atoms with E-state index in [9.17, 15) is 19.5 Å². The Hall–Kier alpha value is -2.58. The fourth-order valence-electron chi connectivity index (χ4n) is 5.88. The maximum absolute atomic E-state index is 14.3. The van der Waals surface area contributed by atoms with E-state index in [1.807, 2.05) is 32.0 Å². The van der Waals surface area contributed by atoms with E-state index in [0.717, 1.165) is 23.2 Å². The molecular weight excluding hydrogens is 452 g/mol. The third-order valence-electron chi connectivity index (χ3n) is 7.22. The van der Waals surface area contributed by atoms with E-state index >= 15 is 0 Å². The molecule has 8 heteroatoms. The maximum atomic E-state index is 14.3. The third-order valence-corrected chi connectivity index (χ3v) is 9.18. The second-order valence-electron chi connectivity index (χ2n) is 9.26. The van der Waals surface area contributed by atoms with Gasteiger partial charge < -0.3 is 19.6 Å². The summed E-state index contributed by atoms with van der Waals surface area (Å²) in [7, 11) is 0. The molecule has 3 aliphatic rings. The largest absolute Gasteiger partial charge is 0.461 e. The van der Waals surface area contributed by atoms with Crippen molar-refractivity contribution in [1.29, 1.82) is 0 Å². The van der Waals surface area contributed by atoms with Crippen LogP contribution in [0.15, 0.2) is 43.5 Å². The molecule has 7 nitrogen and oxygen atoms in total. The van der Waals surface area contributed by atoms with Crippen LogP contribution in [0, 0.1) is 25.7 Å². The van der Waals surface area contributed by atoms with Gasteiger partial charge in [0.2, 0.25) is 5.91 Å². The number of anilines is 1. The average Bonchev–Trinajstić information content (AvgIpc) is 3.45. The van der Waals surface area contributed by atoms with Gasteiger partial charge in [0.1, 0.15) is 12.6 Å². The Morgan fingerprint density at radius 1 is 1.32 bits per heavy atom. The summed E-state index contributed by atoms with van der Waals surface area (Å²) >= 11 is 1.58. The minimum atomic E-state index is -0.774. The number of rotatable bonds is 9. The van der Waals surface area contributed by atoms with Crippen LogP contribution in [0.3, 0.4) is 0 Å². The Balaban J connectivity index is 1.76. The number of hydrogen-bond donors (Lipinski definition) is 1. The fourth-order valence-corrected chi connectivity index (χ4v) is 8.08. The van der Waals surface area contributed by atoms with Gasteiger partial charge in [-0.25, -0.2) is 0 Å². The van der Waals surface area contributed by atoms with Crippen molar-refractivity contribution in [3.05, 3.63) is 54.6 Å². The first-order valence-corrected chi connectivity index (χ1v) is 12.5. The summed E-state index contributed by atoms with van der Waals surface area (Å²) < 4.78 is 4.64. The van der Waals surface area contributed by atoms with Gasteiger partial charge in [-0.3, -0.25) is 14.4 Å². The molecule has 0 aliphatic carbocycles. The van der Waals surface area contributed by atoms with E-state index in [1.54, 1.807) is 22.7 Å². The number of amides is 2. The maximum Gasteiger partial charge on any atom is 0.311 e. The number of aliphatic hydroxyl groups is 1. The monoisotopic (exact) mass is 484 g/mol. The molecule has 5 atom stereocenters. The number of nitrogens with zero attached hydrogens (tertiary/aromatic N) is 2. The summed E-state index contributed by atoms with van der Waals surface area (Å²) in [5, 5.41) is 9.70. The van der Waals surface area contributed by atoms with E-state index in [4.69, 9.17) is 4.74 Å². The summed E-state index contributed by atoms with van der Waals surface area (Å²) in [6.07, 6.45) is 4.59. The third kappa shape index (κ3) is 3.77. The summed E-state index contributed by atoms with van der Waals surface area (Å²) in [4.78, 5) is 44.1. The predicted octanol–water partition coefficient (Wildman–Crippen LogP) is 2.64. The van der Waals surface area contributed by atoms with Crippen LogP contribution in [0.1, 0.15) is 24.0 Å². The van der Waals surface area contributed by atoms with E-state index in [0.29, 0.717) is 13.0 Å². The number of aliphatic hydroxyl groups excluding tert-OH is 1. The topological polar surface area (TPSA) is 87.1 Å². The second-order valence-corrected chi connectivity index (χ2v) is 10.9. The second kappa shape index (κ2) is 9.58.